The fraction of sp³-hybridized carbons (Fsp3) is 0.600. The molecular formula is C10H18N4OS. The Bertz CT molecular complexity index is 339. The smallest absolute Gasteiger partial charge is 0.237 e. The normalized spacial score (nSPS) is 12.4. The van der Waals surface area contributed by atoms with E-state index in [4.69, 9.17) is 5.73 Å². The van der Waals surface area contributed by atoms with Crippen LogP contribution in [0.1, 0.15) is 12.1 Å². The number of carbonyl (C=O) groups is 1. The van der Waals surface area contributed by atoms with Crippen molar-refractivity contribution >= 4 is 17.7 Å². The zero-order chi connectivity index (χ0) is 12.0. The van der Waals surface area contributed by atoms with Crippen LogP contribution in [0, 0.1) is 0 Å². The number of hydrogen-bond donors (Lipinski definition) is 2. The molecule has 0 saturated heterocycles. The molecule has 3 N–H and O–H groups in total. The molecule has 0 unspecified atom stereocenters. The maximum absolute atomic E-state index is 11.6. The lowest BCUT2D eigenvalue weighted by atomic mass is 10.2. The third kappa shape index (κ3) is 3.86. The molecule has 1 heterocycles. The Hall–Kier alpha value is -1.01. The molecule has 0 saturated carbocycles. The summed E-state index contributed by atoms with van der Waals surface area (Å²) in [4.78, 5) is 11.6. The van der Waals surface area contributed by atoms with Crippen molar-refractivity contribution < 1.29 is 4.79 Å². The standard InChI is InChI=1S/C10H18N4OS/c1-14-8(3-5-13-14)7-12-10(15)9(11)4-6-16-2/h3,5,9H,4,6-7,11H2,1-2H3,(H,12,15)/t9-/m0/s1. The third-order valence-corrected chi connectivity index (χ3v) is 2.98. The molecule has 0 aliphatic heterocycles. The predicted octanol–water partition coefficient (Wildman–Crippen LogP) is 0.117. The Balaban J connectivity index is 2.32. The second-order valence-electron chi connectivity index (χ2n) is 3.55. The van der Waals surface area contributed by atoms with E-state index >= 15 is 0 Å². The summed E-state index contributed by atoms with van der Waals surface area (Å²) in [6.07, 6.45) is 4.41. The minimum Gasteiger partial charge on any atom is -0.349 e. The summed E-state index contributed by atoms with van der Waals surface area (Å²) in [6, 6.07) is 1.45. The van der Waals surface area contributed by atoms with Crippen molar-refractivity contribution in [3.63, 3.8) is 0 Å². The quantitative estimate of drug-likeness (QED) is 0.743. The number of aromatic nitrogens is 2. The molecule has 6 heteroatoms. The maximum Gasteiger partial charge on any atom is 0.237 e. The molecule has 1 amide bonds. The minimum absolute atomic E-state index is 0.102. The molecule has 0 radical (unpaired) electrons. The Kier molecular flexibility index (Phi) is 5.34. The van der Waals surface area contributed by atoms with Crippen LogP contribution in [0.2, 0.25) is 0 Å². The van der Waals surface area contributed by atoms with Crippen molar-refractivity contribution in [2.45, 2.75) is 19.0 Å². The van der Waals surface area contributed by atoms with Gasteiger partial charge in [-0.1, -0.05) is 0 Å². The van der Waals surface area contributed by atoms with Gasteiger partial charge in [-0.15, -0.1) is 0 Å². The molecule has 0 fully saturated rings. The van der Waals surface area contributed by atoms with Crippen molar-refractivity contribution in [2.24, 2.45) is 12.8 Å². The van der Waals surface area contributed by atoms with Crippen LogP contribution in [0.4, 0.5) is 0 Å². The Labute approximate surface area is 99.8 Å². The van der Waals surface area contributed by atoms with Crippen LogP contribution in [0.25, 0.3) is 0 Å². The largest absolute Gasteiger partial charge is 0.349 e. The summed E-state index contributed by atoms with van der Waals surface area (Å²) >= 11 is 1.69. The van der Waals surface area contributed by atoms with Crippen molar-refractivity contribution in [3.05, 3.63) is 18.0 Å². The average molecular weight is 242 g/mol. The number of nitrogens with two attached hydrogens (primary N) is 1. The highest BCUT2D eigenvalue weighted by Crippen LogP contribution is 2.00. The van der Waals surface area contributed by atoms with E-state index in [-0.39, 0.29) is 5.91 Å². The molecule has 0 aliphatic carbocycles. The van der Waals surface area contributed by atoms with Crippen LogP contribution in [0.3, 0.4) is 0 Å². The molecule has 1 aromatic heterocycles. The van der Waals surface area contributed by atoms with E-state index in [0.29, 0.717) is 13.0 Å². The summed E-state index contributed by atoms with van der Waals surface area (Å²) in [5.74, 6) is 0.801. The molecular weight excluding hydrogens is 224 g/mol. The van der Waals surface area contributed by atoms with Crippen LogP contribution < -0.4 is 11.1 Å². The molecule has 5 nitrogen and oxygen atoms in total. The molecule has 1 atom stereocenters. The predicted molar refractivity (Wildman–Crippen MR) is 66.0 cm³/mol. The van der Waals surface area contributed by atoms with Gasteiger partial charge in [0.25, 0.3) is 0 Å². The Morgan fingerprint density at radius 3 is 3.06 bits per heavy atom. The van der Waals surface area contributed by atoms with Crippen molar-refractivity contribution in [2.75, 3.05) is 12.0 Å². The topological polar surface area (TPSA) is 72.9 Å². The van der Waals surface area contributed by atoms with E-state index < -0.39 is 6.04 Å². The lowest BCUT2D eigenvalue weighted by molar-refractivity contribution is -0.122. The Morgan fingerprint density at radius 1 is 1.75 bits per heavy atom. The van der Waals surface area contributed by atoms with Gasteiger partial charge in [0, 0.05) is 13.2 Å². The SMILES string of the molecule is CSCC[C@H](N)C(=O)NCc1ccnn1C. The second-order valence-corrected chi connectivity index (χ2v) is 4.54. The van der Waals surface area contributed by atoms with Gasteiger partial charge in [0.2, 0.25) is 5.91 Å². The summed E-state index contributed by atoms with van der Waals surface area (Å²) < 4.78 is 1.73. The van der Waals surface area contributed by atoms with E-state index in [1.54, 1.807) is 22.6 Å². The van der Waals surface area contributed by atoms with Crippen LogP contribution in [-0.4, -0.2) is 33.7 Å². The molecule has 1 rings (SSSR count). The molecule has 90 valence electrons. The Morgan fingerprint density at radius 2 is 2.50 bits per heavy atom. The summed E-state index contributed by atoms with van der Waals surface area (Å²) in [5.41, 5.74) is 6.70. The summed E-state index contributed by atoms with van der Waals surface area (Å²) in [5, 5.41) is 6.82. The number of nitrogens with one attached hydrogen (secondary N) is 1. The molecule has 0 aromatic carbocycles. The third-order valence-electron chi connectivity index (χ3n) is 2.34. The summed E-state index contributed by atoms with van der Waals surface area (Å²) in [7, 11) is 1.84. The fourth-order valence-corrected chi connectivity index (χ4v) is 1.75. The van der Waals surface area contributed by atoms with Crippen LogP contribution in [0.5, 0.6) is 0 Å². The van der Waals surface area contributed by atoms with Gasteiger partial charge in [-0.05, 0) is 24.5 Å². The lowest BCUT2D eigenvalue weighted by Crippen LogP contribution is -2.40. The summed E-state index contributed by atoms with van der Waals surface area (Å²) in [6.45, 7) is 0.475. The highest BCUT2D eigenvalue weighted by Gasteiger charge is 2.12. The monoisotopic (exact) mass is 242 g/mol. The highest BCUT2D eigenvalue weighted by atomic mass is 32.2. The number of aryl methyl sites for hydroxylation is 1. The van der Waals surface area contributed by atoms with Crippen molar-refractivity contribution in [1.29, 1.82) is 0 Å². The number of hydrogen-bond acceptors (Lipinski definition) is 4. The first-order valence-corrected chi connectivity index (χ1v) is 6.53. The van der Waals surface area contributed by atoms with Crippen molar-refractivity contribution in [3.8, 4) is 0 Å². The fourth-order valence-electron chi connectivity index (χ4n) is 1.26. The van der Waals surface area contributed by atoms with Crippen LogP contribution >= 0.6 is 11.8 Å². The second kappa shape index (κ2) is 6.55. The molecule has 1 aromatic rings. The zero-order valence-corrected chi connectivity index (χ0v) is 10.5. The lowest BCUT2D eigenvalue weighted by Gasteiger charge is -2.11. The molecule has 0 spiro atoms. The van der Waals surface area contributed by atoms with Crippen molar-refractivity contribution in [1.82, 2.24) is 15.1 Å². The van der Waals surface area contributed by atoms with Gasteiger partial charge in [0.15, 0.2) is 0 Å². The van der Waals surface area contributed by atoms with Gasteiger partial charge in [0.05, 0.1) is 18.3 Å². The molecule has 0 bridgehead atoms. The average Bonchev–Trinajstić information content (AvgIpc) is 2.68. The number of rotatable bonds is 6. The van der Waals surface area contributed by atoms with Gasteiger partial charge < -0.3 is 11.1 Å². The van der Waals surface area contributed by atoms with Gasteiger partial charge in [0.1, 0.15) is 0 Å². The van der Waals surface area contributed by atoms with E-state index in [9.17, 15) is 4.79 Å². The van der Waals surface area contributed by atoms with Gasteiger partial charge in [-0.2, -0.15) is 16.9 Å². The minimum atomic E-state index is -0.416. The van der Waals surface area contributed by atoms with Crippen LogP contribution in [0.15, 0.2) is 12.3 Å². The molecule has 0 aliphatic rings. The number of nitrogens with zero attached hydrogens (tertiary/aromatic N) is 2. The zero-order valence-electron chi connectivity index (χ0n) is 9.64. The van der Waals surface area contributed by atoms with E-state index in [0.717, 1.165) is 11.4 Å². The number of thioether (sulfide) groups is 1. The van der Waals surface area contributed by atoms with E-state index in [1.807, 2.05) is 19.4 Å². The van der Waals surface area contributed by atoms with Gasteiger partial charge in [-0.3, -0.25) is 9.48 Å². The maximum atomic E-state index is 11.6. The first-order chi connectivity index (χ1) is 7.65. The van der Waals surface area contributed by atoms with Gasteiger partial charge >= 0.3 is 0 Å². The first-order valence-electron chi connectivity index (χ1n) is 5.14. The molecule has 16 heavy (non-hydrogen) atoms. The van der Waals surface area contributed by atoms with Gasteiger partial charge in [-0.25, -0.2) is 0 Å². The van der Waals surface area contributed by atoms with E-state index in [2.05, 4.69) is 10.4 Å². The van der Waals surface area contributed by atoms with E-state index in [1.165, 1.54) is 0 Å². The first kappa shape index (κ1) is 13.1. The number of amides is 1. The number of carbonyl (C=O) groups excluding carboxylic acids is 1. The highest BCUT2D eigenvalue weighted by molar-refractivity contribution is 7.98. The van der Waals surface area contributed by atoms with Crippen LogP contribution in [-0.2, 0) is 18.4 Å².